The van der Waals surface area contributed by atoms with Gasteiger partial charge >= 0.3 is 0 Å². The summed E-state index contributed by atoms with van der Waals surface area (Å²) in [5, 5.41) is 3.44. The van der Waals surface area contributed by atoms with E-state index in [1.807, 2.05) is 6.92 Å². The fourth-order valence-electron chi connectivity index (χ4n) is 5.23. The van der Waals surface area contributed by atoms with E-state index in [2.05, 4.69) is 18.3 Å². The number of anilines is 2. The summed E-state index contributed by atoms with van der Waals surface area (Å²) in [6, 6.07) is 11.9. The number of benzene rings is 2. The molecule has 1 N–H and O–H groups in total. The maximum atomic E-state index is 13.0. The van der Waals surface area contributed by atoms with Crippen molar-refractivity contribution in [3.8, 4) is 0 Å². The van der Waals surface area contributed by atoms with Crippen LogP contribution in [0.4, 0.5) is 11.4 Å². The van der Waals surface area contributed by atoms with Gasteiger partial charge in [0.1, 0.15) is 0 Å². The second-order valence-electron chi connectivity index (χ2n) is 8.39. The number of hydrogen-bond acceptors (Lipinski definition) is 3. The Hall–Kier alpha value is -2.92. The molecule has 0 spiro atoms. The molecule has 1 saturated heterocycles. The summed E-state index contributed by atoms with van der Waals surface area (Å²) in [6.07, 6.45) is 3.07. The van der Waals surface area contributed by atoms with E-state index < -0.39 is 0 Å². The largest absolute Gasteiger partial charge is 0.322 e. The lowest BCUT2D eigenvalue weighted by Crippen LogP contribution is -2.33. The molecule has 6 heteroatoms. The van der Waals surface area contributed by atoms with Gasteiger partial charge in [0.15, 0.2) is 0 Å². The van der Waals surface area contributed by atoms with Crippen LogP contribution in [0.1, 0.15) is 29.3 Å². The average Bonchev–Trinajstić information content (AvgIpc) is 3.36. The number of halogens is 1. The van der Waals surface area contributed by atoms with E-state index >= 15 is 0 Å². The van der Waals surface area contributed by atoms with Crippen LogP contribution in [0.25, 0.3) is 0 Å². The SMILES string of the molecule is CC1=C[C@@H]2C[C@H]1[C@@H]1C(=O)N(c3ccc(C(=O)Nc4cccc(Cl)c4C)cc3)C(=O)[C@H]12. The Labute approximate surface area is 179 Å². The van der Waals surface area contributed by atoms with Crippen LogP contribution in [-0.2, 0) is 9.59 Å². The average molecular weight is 421 g/mol. The van der Waals surface area contributed by atoms with Gasteiger partial charge in [0.25, 0.3) is 5.91 Å². The number of fused-ring (bicyclic) bond motifs is 5. The number of imide groups is 1. The van der Waals surface area contributed by atoms with Crippen molar-refractivity contribution in [1.29, 1.82) is 0 Å². The Balaban J connectivity index is 1.36. The van der Waals surface area contributed by atoms with Crippen LogP contribution in [0.2, 0.25) is 5.02 Å². The molecular weight excluding hydrogens is 400 g/mol. The number of hydrogen-bond donors (Lipinski definition) is 1. The minimum absolute atomic E-state index is 0.114. The molecule has 0 unspecified atom stereocenters. The molecule has 3 aliphatic rings. The summed E-state index contributed by atoms with van der Waals surface area (Å²) >= 11 is 6.11. The first-order valence-electron chi connectivity index (χ1n) is 10.1. The van der Waals surface area contributed by atoms with E-state index in [9.17, 15) is 14.4 Å². The molecule has 2 aromatic carbocycles. The van der Waals surface area contributed by atoms with E-state index in [4.69, 9.17) is 11.6 Å². The van der Waals surface area contributed by atoms with Crippen molar-refractivity contribution in [3.63, 3.8) is 0 Å². The van der Waals surface area contributed by atoms with Gasteiger partial charge in [-0.1, -0.05) is 29.3 Å². The van der Waals surface area contributed by atoms with E-state index in [1.54, 1.807) is 42.5 Å². The number of allylic oxidation sites excluding steroid dienone is 2. The van der Waals surface area contributed by atoms with Gasteiger partial charge in [0.2, 0.25) is 11.8 Å². The first-order chi connectivity index (χ1) is 14.4. The molecule has 3 amide bonds. The monoisotopic (exact) mass is 420 g/mol. The Kier molecular flexibility index (Phi) is 4.33. The second-order valence-corrected chi connectivity index (χ2v) is 8.80. The molecular formula is C24H21ClN2O3. The molecule has 4 atom stereocenters. The molecule has 1 aliphatic heterocycles. The highest BCUT2D eigenvalue weighted by atomic mass is 35.5. The van der Waals surface area contributed by atoms with Crippen molar-refractivity contribution in [1.82, 2.24) is 0 Å². The zero-order valence-corrected chi connectivity index (χ0v) is 17.4. The van der Waals surface area contributed by atoms with Crippen LogP contribution < -0.4 is 10.2 Å². The van der Waals surface area contributed by atoms with Crippen molar-refractivity contribution in [2.24, 2.45) is 23.7 Å². The molecule has 0 radical (unpaired) electrons. The van der Waals surface area contributed by atoms with Crippen molar-refractivity contribution in [2.45, 2.75) is 20.3 Å². The number of rotatable bonds is 3. The Bertz CT molecular complexity index is 1120. The summed E-state index contributed by atoms with van der Waals surface area (Å²) in [7, 11) is 0. The highest BCUT2D eigenvalue weighted by Gasteiger charge is 2.60. The standard InChI is InChI=1S/C24H21ClN2O3/c1-12-10-15-11-17(12)21-20(15)23(29)27(24(21)30)16-8-6-14(7-9-16)22(28)26-19-5-3-4-18(25)13(19)2/h3-10,15,17,20-21H,11H2,1-2H3,(H,26,28)/t15-,17-,20+,21+/m1/s1. The number of carbonyl (C=O) groups excluding carboxylic acids is 3. The fraction of sp³-hybridized carbons (Fsp3) is 0.292. The fourth-order valence-corrected chi connectivity index (χ4v) is 5.40. The first kappa shape index (κ1) is 19.1. The molecule has 1 heterocycles. The first-order valence-corrected chi connectivity index (χ1v) is 10.5. The summed E-state index contributed by atoms with van der Waals surface area (Å²) in [5.74, 6) is -0.619. The van der Waals surface area contributed by atoms with Crippen LogP contribution in [0.5, 0.6) is 0 Å². The Morgan fingerprint density at radius 1 is 1.03 bits per heavy atom. The summed E-state index contributed by atoms with van der Waals surface area (Å²) in [5.41, 5.74) is 3.63. The quantitative estimate of drug-likeness (QED) is 0.582. The van der Waals surface area contributed by atoms with Gasteiger partial charge in [-0.2, -0.15) is 0 Å². The zero-order valence-electron chi connectivity index (χ0n) is 16.7. The highest BCUT2D eigenvalue weighted by molar-refractivity contribution is 6.31. The molecule has 5 rings (SSSR count). The van der Waals surface area contributed by atoms with Crippen molar-refractivity contribution in [3.05, 3.63) is 70.3 Å². The van der Waals surface area contributed by atoms with Crippen molar-refractivity contribution in [2.75, 3.05) is 10.2 Å². The summed E-state index contributed by atoms with van der Waals surface area (Å²) in [4.78, 5) is 40.0. The van der Waals surface area contributed by atoms with Crippen LogP contribution >= 0.6 is 11.6 Å². The van der Waals surface area contributed by atoms with Crippen molar-refractivity contribution >= 4 is 40.7 Å². The van der Waals surface area contributed by atoms with Gasteiger partial charge in [0.05, 0.1) is 17.5 Å². The maximum Gasteiger partial charge on any atom is 0.255 e. The molecule has 30 heavy (non-hydrogen) atoms. The third kappa shape index (κ3) is 2.72. The van der Waals surface area contributed by atoms with Gasteiger partial charge < -0.3 is 5.32 Å². The van der Waals surface area contributed by atoms with Crippen LogP contribution in [0.3, 0.4) is 0 Å². The highest BCUT2D eigenvalue weighted by Crippen LogP contribution is 2.55. The van der Waals surface area contributed by atoms with E-state index in [-0.39, 0.29) is 41.4 Å². The smallest absolute Gasteiger partial charge is 0.255 e. The predicted molar refractivity (Wildman–Crippen MR) is 115 cm³/mol. The van der Waals surface area contributed by atoms with Gasteiger partial charge in [-0.15, -0.1) is 0 Å². The van der Waals surface area contributed by atoms with E-state index in [1.165, 1.54) is 10.5 Å². The molecule has 2 aliphatic carbocycles. The molecule has 2 aromatic rings. The van der Waals surface area contributed by atoms with Gasteiger partial charge in [0, 0.05) is 16.3 Å². The van der Waals surface area contributed by atoms with Crippen molar-refractivity contribution < 1.29 is 14.4 Å². The summed E-state index contributed by atoms with van der Waals surface area (Å²) < 4.78 is 0. The molecule has 1 saturated carbocycles. The second kappa shape index (κ2) is 6.81. The van der Waals surface area contributed by atoms with Gasteiger partial charge in [-0.3, -0.25) is 19.3 Å². The van der Waals surface area contributed by atoms with Crippen LogP contribution in [0, 0.1) is 30.6 Å². The topological polar surface area (TPSA) is 66.5 Å². The molecule has 5 nitrogen and oxygen atoms in total. The Morgan fingerprint density at radius 2 is 1.73 bits per heavy atom. The lowest BCUT2D eigenvalue weighted by molar-refractivity contribution is -0.123. The molecule has 2 bridgehead atoms. The lowest BCUT2D eigenvalue weighted by Gasteiger charge is -2.19. The maximum absolute atomic E-state index is 13.0. The van der Waals surface area contributed by atoms with Gasteiger partial charge in [-0.25, -0.2) is 0 Å². The summed E-state index contributed by atoms with van der Waals surface area (Å²) in [6.45, 7) is 3.89. The minimum Gasteiger partial charge on any atom is -0.322 e. The molecule has 152 valence electrons. The third-order valence-corrected chi connectivity index (χ3v) is 7.19. The normalized spacial score (nSPS) is 26.8. The van der Waals surface area contributed by atoms with E-state index in [0.29, 0.717) is 22.0 Å². The predicted octanol–water partition coefficient (Wildman–Crippen LogP) is 4.60. The number of nitrogens with zero attached hydrogens (tertiary/aromatic N) is 1. The zero-order chi connectivity index (χ0) is 21.2. The third-order valence-electron chi connectivity index (χ3n) is 6.78. The van der Waals surface area contributed by atoms with Crippen LogP contribution in [0.15, 0.2) is 54.1 Å². The number of carbonyl (C=O) groups is 3. The lowest BCUT2D eigenvalue weighted by atomic mass is 9.82. The minimum atomic E-state index is -0.277. The number of amides is 3. The van der Waals surface area contributed by atoms with Gasteiger partial charge in [-0.05, 0) is 74.1 Å². The molecule has 0 aromatic heterocycles. The molecule has 2 fully saturated rings. The van der Waals surface area contributed by atoms with Crippen LogP contribution in [-0.4, -0.2) is 17.7 Å². The number of nitrogens with one attached hydrogen (secondary N) is 1. The van der Waals surface area contributed by atoms with E-state index in [0.717, 1.165) is 12.0 Å². The Morgan fingerprint density at radius 3 is 2.47 bits per heavy atom.